The molecule has 3 rings (SSSR count). The molecule has 3 aromatic carbocycles. The largest absolute Gasteiger partial charge is 0.495 e. The molecule has 0 aliphatic heterocycles. The number of sulfonamides is 1. The normalized spacial score (nSPS) is 11.1. The van der Waals surface area contributed by atoms with Gasteiger partial charge in [-0.15, -0.1) is 0 Å². The quantitative estimate of drug-likeness (QED) is 0.503. The van der Waals surface area contributed by atoms with Crippen molar-refractivity contribution in [3.63, 3.8) is 0 Å². The summed E-state index contributed by atoms with van der Waals surface area (Å²) < 4.78 is 34.6. The van der Waals surface area contributed by atoms with Crippen molar-refractivity contribution in [1.29, 1.82) is 0 Å². The molecule has 3 aromatic rings. The van der Waals surface area contributed by atoms with Gasteiger partial charge >= 0.3 is 0 Å². The van der Waals surface area contributed by atoms with Crippen molar-refractivity contribution in [3.05, 3.63) is 81.8 Å². The smallest absolute Gasteiger partial charge is 0.265 e. The number of anilines is 2. The summed E-state index contributed by atoms with van der Waals surface area (Å²) in [5.41, 5.74) is 3.14. The molecular formula is C22H21BrN2O4S. The molecule has 2 N–H and O–H groups in total. The van der Waals surface area contributed by atoms with E-state index in [4.69, 9.17) is 4.74 Å². The predicted molar refractivity (Wildman–Crippen MR) is 122 cm³/mol. The van der Waals surface area contributed by atoms with E-state index in [0.717, 1.165) is 15.6 Å². The fraction of sp³-hybridized carbons (Fsp3) is 0.136. The summed E-state index contributed by atoms with van der Waals surface area (Å²) in [6.45, 7) is 3.78. The summed E-state index contributed by atoms with van der Waals surface area (Å²) in [5.74, 6) is -0.277. The van der Waals surface area contributed by atoms with Gasteiger partial charge in [0.25, 0.3) is 15.9 Å². The maximum absolute atomic E-state index is 13.0. The summed E-state index contributed by atoms with van der Waals surface area (Å²) in [6, 6.07) is 16.7. The van der Waals surface area contributed by atoms with Crippen LogP contribution in [0.25, 0.3) is 0 Å². The van der Waals surface area contributed by atoms with E-state index in [1.54, 1.807) is 30.3 Å². The molecule has 0 radical (unpaired) electrons. The Morgan fingerprint density at radius 1 is 0.967 bits per heavy atom. The van der Waals surface area contributed by atoms with E-state index in [1.807, 2.05) is 26.0 Å². The fourth-order valence-corrected chi connectivity index (χ4v) is 4.55. The minimum atomic E-state index is -3.97. The minimum Gasteiger partial charge on any atom is -0.495 e. The first-order valence-electron chi connectivity index (χ1n) is 9.04. The predicted octanol–water partition coefficient (Wildman–Crippen LogP) is 5.13. The van der Waals surface area contributed by atoms with E-state index in [-0.39, 0.29) is 16.2 Å². The summed E-state index contributed by atoms with van der Waals surface area (Å²) in [5, 5.41) is 2.81. The summed E-state index contributed by atoms with van der Waals surface area (Å²) in [7, 11) is -2.59. The monoisotopic (exact) mass is 488 g/mol. The lowest BCUT2D eigenvalue weighted by Gasteiger charge is -2.14. The number of carbonyl (C=O) groups excluding carboxylic acids is 1. The van der Waals surface area contributed by atoms with Crippen LogP contribution in [0.2, 0.25) is 0 Å². The van der Waals surface area contributed by atoms with E-state index in [1.165, 1.54) is 25.3 Å². The number of aryl methyl sites for hydroxylation is 2. The topological polar surface area (TPSA) is 84.5 Å². The highest BCUT2D eigenvalue weighted by Crippen LogP contribution is 2.28. The van der Waals surface area contributed by atoms with E-state index in [9.17, 15) is 13.2 Å². The Morgan fingerprint density at radius 3 is 2.30 bits per heavy atom. The molecule has 30 heavy (non-hydrogen) atoms. The molecular weight excluding hydrogens is 468 g/mol. The molecule has 0 saturated carbocycles. The molecule has 8 heteroatoms. The molecule has 0 fully saturated rings. The highest BCUT2D eigenvalue weighted by atomic mass is 79.9. The first-order valence-corrected chi connectivity index (χ1v) is 11.3. The Labute approximate surface area is 184 Å². The molecule has 0 unspecified atom stereocenters. The second kappa shape index (κ2) is 8.89. The number of halogens is 1. The number of benzene rings is 3. The molecule has 0 aliphatic carbocycles. The second-order valence-electron chi connectivity index (χ2n) is 6.75. The zero-order valence-corrected chi connectivity index (χ0v) is 19.1. The van der Waals surface area contributed by atoms with Crippen LogP contribution in [0.15, 0.2) is 70.0 Å². The Bertz CT molecular complexity index is 1190. The zero-order valence-electron chi connectivity index (χ0n) is 16.7. The van der Waals surface area contributed by atoms with Gasteiger partial charge < -0.3 is 10.1 Å². The molecule has 156 valence electrons. The van der Waals surface area contributed by atoms with Crippen molar-refractivity contribution < 1.29 is 17.9 Å². The number of nitrogens with one attached hydrogen (secondary N) is 2. The third-order valence-electron chi connectivity index (χ3n) is 4.46. The standard InChI is InChI=1S/C22H21BrN2O4S/c1-14-4-8-18(9-5-14)25-30(27,28)21-13-16(6-11-20(21)29-3)22(26)24-19-10-7-17(23)12-15(19)2/h4-13,25H,1-3H3,(H,24,26). The first kappa shape index (κ1) is 21.9. The summed E-state index contributed by atoms with van der Waals surface area (Å²) in [6.07, 6.45) is 0. The number of hydrogen-bond donors (Lipinski definition) is 2. The molecule has 0 saturated heterocycles. The van der Waals surface area contributed by atoms with Gasteiger partial charge in [0.15, 0.2) is 0 Å². The zero-order chi connectivity index (χ0) is 21.9. The minimum absolute atomic E-state index is 0.120. The van der Waals surface area contributed by atoms with Gasteiger partial charge in [0.2, 0.25) is 0 Å². The van der Waals surface area contributed by atoms with Crippen LogP contribution in [-0.2, 0) is 10.0 Å². The maximum atomic E-state index is 13.0. The van der Waals surface area contributed by atoms with Gasteiger partial charge in [0, 0.05) is 21.4 Å². The van der Waals surface area contributed by atoms with Crippen LogP contribution in [0.1, 0.15) is 21.5 Å². The van der Waals surface area contributed by atoms with Crippen LogP contribution < -0.4 is 14.8 Å². The van der Waals surface area contributed by atoms with E-state index < -0.39 is 15.9 Å². The van der Waals surface area contributed by atoms with Gasteiger partial charge in [0.05, 0.1) is 7.11 Å². The van der Waals surface area contributed by atoms with Crippen LogP contribution in [0.4, 0.5) is 11.4 Å². The van der Waals surface area contributed by atoms with Crippen molar-refractivity contribution >= 4 is 43.2 Å². The van der Waals surface area contributed by atoms with Crippen molar-refractivity contribution in [3.8, 4) is 5.75 Å². The first-order chi connectivity index (χ1) is 14.2. The van der Waals surface area contributed by atoms with Crippen molar-refractivity contribution in [2.24, 2.45) is 0 Å². The third kappa shape index (κ3) is 5.01. The fourth-order valence-electron chi connectivity index (χ4n) is 2.82. The number of ether oxygens (including phenoxy) is 1. The Balaban J connectivity index is 1.92. The summed E-state index contributed by atoms with van der Waals surface area (Å²) >= 11 is 3.39. The number of methoxy groups -OCH3 is 1. The van der Waals surface area contributed by atoms with Crippen LogP contribution in [0.3, 0.4) is 0 Å². The lowest BCUT2D eigenvalue weighted by molar-refractivity contribution is 0.102. The number of amides is 1. The van der Waals surface area contributed by atoms with Gasteiger partial charge in [0.1, 0.15) is 10.6 Å². The van der Waals surface area contributed by atoms with Crippen LogP contribution in [0.5, 0.6) is 5.75 Å². The van der Waals surface area contributed by atoms with Crippen LogP contribution in [0, 0.1) is 13.8 Å². The molecule has 1 amide bonds. The Morgan fingerprint density at radius 2 is 1.67 bits per heavy atom. The van der Waals surface area contributed by atoms with Gasteiger partial charge in [-0.2, -0.15) is 0 Å². The Hall–Kier alpha value is -2.84. The molecule has 0 aliphatic rings. The van der Waals surface area contributed by atoms with Gasteiger partial charge in [-0.1, -0.05) is 33.6 Å². The lowest BCUT2D eigenvalue weighted by Crippen LogP contribution is -2.17. The highest BCUT2D eigenvalue weighted by Gasteiger charge is 2.22. The molecule has 6 nitrogen and oxygen atoms in total. The van der Waals surface area contributed by atoms with E-state index >= 15 is 0 Å². The third-order valence-corrected chi connectivity index (χ3v) is 6.35. The van der Waals surface area contributed by atoms with E-state index in [2.05, 4.69) is 26.0 Å². The number of carbonyl (C=O) groups is 1. The van der Waals surface area contributed by atoms with Crippen LogP contribution >= 0.6 is 15.9 Å². The molecule has 0 aromatic heterocycles. The van der Waals surface area contributed by atoms with Gasteiger partial charge in [-0.05, 0) is 67.9 Å². The number of hydrogen-bond acceptors (Lipinski definition) is 4. The average molecular weight is 489 g/mol. The molecule has 0 bridgehead atoms. The van der Waals surface area contributed by atoms with Crippen molar-refractivity contribution in [1.82, 2.24) is 0 Å². The lowest BCUT2D eigenvalue weighted by atomic mass is 10.1. The highest BCUT2D eigenvalue weighted by molar-refractivity contribution is 9.10. The maximum Gasteiger partial charge on any atom is 0.265 e. The summed E-state index contributed by atoms with van der Waals surface area (Å²) in [4.78, 5) is 12.6. The second-order valence-corrected chi connectivity index (χ2v) is 9.32. The molecule has 0 heterocycles. The molecule has 0 spiro atoms. The Kier molecular flexibility index (Phi) is 6.48. The van der Waals surface area contributed by atoms with E-state index in [0.29, 0.717) is 11.4 Å². The molecule has 0 atom stereocenters. The van der Waals surface area contributed by atoms with Crippen molar-refractivity contribution in [2.45, 2.75) is 18.7 Å². The van der Waals surface area contributed by atoms with Crippen LogP contribution in [-0.4, -0.2) is 21.4 Å². The van der Waals surface area contributed by atoms with Crippen molar-refractivity contribution in [2.75, 3.05) is 17.1 Å². The SMILES string of the molecule is COc1ccc(C(=O)Nc2ccc(Br)cc2C)cc1S(=O)(=O)Nc1ccc(C)cc1. The number of rotatable bonds is 6. The van der Waals surface area contributed by atoms with Gasteiger partial charge in [-0.25, -0.2) is 8.42 Å². The van der Waals surface area contributed by atoms with Gasteiger partial charge in [-0.3, -0.25) is 9.52 Å². The average Bonchev–Trinajstić information content (AvgIpc) is 2.71.